The van der Waals surface area contributed by atoms with Gasteiger partial charge in [-0.25, -0.2) is 14.8 Å². The Labute approximate surface area is 195 Å². The van der Waals surface area contributed by atoms with Gasteiger partial charge in [-0.3, -0.25) is 4.79 Å². The number of halogens is 3. The first kappa shape index (κ1) is 23.8. The van der Waals surface area contributed by atoms with E-state index in [0.29, 0.717) is 50.8 Å². The van der Waals surface area contributed by atoms with Crippen molar-refractivity contribution in [1.82, 2.24) is 14.9 Å². The summed E-state index contributed by atoms with van der Waals surface area (Å²) < 4.78 is 44.3. The molecule has 182 valence electrons. The second kappa shape index (κ2) is 10.3. The molecule has 3 heterocycles. The lowest BCUT2D eigenvalue weighted by Gasteiger charge is -2.36. The SMILES string of the molecule is O=C(OCC(=O)N1CCN(c2cccc(C(F)(F)F)c2)CC1)C1CCCCN1c1ncccn1. The third kappa shape index (κ3) is 5.57. The molecule has 1 atom stereocenters. The van der Waals surface area contributed by atoms with Crippen LogP contribution in [0.2, 0.25) is 0 Å². The van der Waals surface area contributed by atoms with Gasteiger partial charge in [-0.2, -0.15) is 13.2 Å². The average molecular weight is 477 g/mol. The molecule has 1 aromatic heterocycles. The first-order valence-corrected chi connectivity index (χ1v) is 11.2. The highest BCUT2D eigenvalue weighted by molar-refractivity contribution is 5.84. The van der Waals surface area contributed by atoms with E-state index in [4.69, 9.17) is 4.74 Å². The van der Waals surface area contributed by atoms with Crippen molar-refractivity contribution < 1.29 is 27.5 Å². The fraction of sp³-hybridized carbons (Fsp3) is 0.478. The molecule has 0 N–H and O–H groups in total. The quantitative estimate of drug-likeness (QED) is 0.613. The lowest BCUT2D eigenvalue weighted by atomic mass is 10.0. The molecule has 2 fully saturated rings. The van der Waals surface area contributed by atoms with Crippen LogP contribution >= 0.6 is 0 Å². The van der Waals surface area contributed by atoms with E-state index < -0.39 is 23.8 Å². The molecule has 0 radical (unpaired) electrons. The zero-order valence-corrected chi connectivity index (χ0v) is 18.6. The number of carbonyl (C=O) groups excluding carboxylic acids is 2. The van der Waals surface area contributed by atoms with Crippen LogP contribution in [-0.2, 0) is 20.5 Å². The van der Waals surface area contributed by atoms with E-state index in [1.165, 1.54) is 6.07 Å². The predicted octanol–water partition coefficient (Wildman–Crippen LogP) is 2.75. The van der Waals surface area contributed by atoms with Gasteiger partial charge in [0.05, 0.1) is 5.56 Å². The molecule has 2 aromatic rings. The Hall–Kier alpha value is -3.37. The fourth-order valence-corrected chi connectivity index (χ4v) is 4.27. The van der Waals surface area contributed by atoms with E-state index in [1.54, 1.807) is 29.4 Å². The number of benzene rings is 1. The molecule has 1 unspecified atom stereocenters. The summed E-state index contributed by atoms with van der Waals surface area (Å²) >= 11 is 0. The van der Waals surface area contributed by atoms with Crippen LogP contribution in [0.25, 0.3) is 0 Å². The van der Waals surface area contributed by atoms with Gasteiger partial charge in [-0.05, 0) is 43.5 Å². The van der Waals surface area contributed by atoms with Gasteiger partial charge in [0.1, 0.15) is 6.04 Å². The second-order valence-electron chi connectivity index (χ2n) is 8.28. The average Bonchev–Trinajstić information content (AvgIpc) is 2.87. The molecule has 2 aliphatic rings. The Morgan fingerprint density at radius 3 is 2.44 bits per heavy atom. The Morgan fingerprint density at radius 2 is 1.74 bits per heavy atom. The topological polar surface area (TPSA) is 78.9 Å². The van der Waals surface area contributed by atoms with Crippen molar-refractivity contribution in [2.45, 2.75) is 31.5 Å². The van der Waals surface area contributed by atoms with Crippen LogP contribution in [0.3, 0.4) is 0 Å². The van der Waals surface area contributed by atoms with Gasteiger partial charge in [0, 0.05) is 50.8 Å². The number of rotatable bonds is 5. The number of aromatic nitrogens is 2. The molecule has 11 heteroatoms. The molecule has 8 nitrogen and oxygen atoms in total. The predicted molar refractivity (Wildman–Crippen MR) is 118 cm³/mol. The third-order valence-electron chi connectivity index (χ3n) is 6.09. The molecule has 0 bridgehead atoms. The van der Waals surface area contributed by atoms with E-state index in [2.05, 4.69) is 9.97 Å². The maximum atomic E-state index is 13.0. The van der Waals surface area contributed by atoms with Crippen LogP contribution in [0.5, 0.6) is 0 Å². The van der Waals surface area contributed by atoms with E-state index in [-0.39, 0.29) is 12.5 Å². The summed E-state index contributed by atoms with van der Waals surface area (Å²) in [6.45, 7) is 1.71. The summed E-state index contributed by atoms with van der Waals surface area (Å²) in [5, 5.41) is 0. The van der Waals surface area contributed by atoms with E-state index in [1.807, 2.05) is 9.80 Å². The van der Waals surface area contributed by atoms with Crippen molar-refractivity contribution in [3.63, 3.8) is 0 Å². The number of carbonyl (C=O) groups is 2. The molecule has 0 saturated carbocycles. The van der Waals surface area contributed by atoms with Gasteiger partial charge in [-0.15, -0.1) is 0 Å². The van der Waals surface area contributed by atoms with Crippen molar-refractivity contribution in [3.8, 4) is 0 Å². The number of esters is 1. The van der Waals surface area contributed by atoms with Gasteiger partial charge in [0.15, 0.2) is 6.61 Å². The Kier molecular flexibility index (Phi) is 7.18. The molecule has 2 saturated heterocycles. The number of hydrogen-bond donors (Lipinski definition) is 0. The normalized spacial score (nSPS) is 19.1. The number of hydrogen-bond acceptors (Lipinski definition) is 7. The summed E-state index contributed by atoms with van der Waals surface area (Å²) in [5.41, 5.74) is -0.234. The lowest BCUT2D eigenvalue weighted by molar-refractivity contribution is -0.153. The number of alkyl halides is 3. The maximum absolute atomic E-state index is 13.0. The van der Waals surface area contributed by atoms with Crippen LogP contribution in [0.1, 0.15) is 24.8 Å². The van der Waals surface area contributed by atoms with Crippen LogP contribution in [-0.4, -0.2) is 72.1 Å². The smallest absolute Gasteiger partial charge is 0.416 e. The summed E-state index contributed by atoms with van der Waals surface area (Å²) in [6.07, 6.45) is 1.20. The Morgan fingerprint density at radius 1 is 1.00 bits per heavy atom. The highest BCUT2D eigenvalue weighted by Crippen LogP contribution is 2.32. The summed E-state index contributed by atoms with van der Waals surface area (Å²) in [7, 11) is 0. The number of nitrogens with zero attached hydrogens (tertiary/aromatic N) is 5. The number of anilines is 2. The first-order chi connectivity index (χ1) is 16.3. The van der Waals surface area contributed by atoms with E-state index in [9.17, 15) is 22.8 Å². The van der Waals surface area contributed by atoms with Crippen LogP contribution in [0, 0.1) is 0 Å². The number of piperidine rings is 1. The molecule has 0 spiro atoms. The van der Waals surface area contributed by atoms with Crippen LogP contribution in [0.4, 0.5) is 24.8 Å². The molecule has 4 rings (SSSR count). The number of ether oxygens (including phenoxy) is 1. The molecule has 1 amide bonds. The van der Waals surface area contributed by atoms with Crippen molar-refractivity contribution in [2.75, 3.05) is 49.1 Å². The lowest BCUT2D eigenvalue weighted by Crippen LogP contribution is -2.51. The van der Waals surface area contributed by atoms with Gasteiger partial charge >= 0.3 is 12.1 Å². The van der Waals surface area contributed by atoms with Crippen molar-refractivity contribution in [3.05, 3.63) is 48.3 Å². The Bertz CT molecular complexity index is 997. The zero-order valence-electron chi connectivity index (χ0n) is 18.6. The standard InChI is InChI=1S/C23H26F3N5O3/c24-23(25,26)17-5-3-6-18(15-17)29-11-13-30(14-12-29)20(32)16-34-21(33)19-7-1-2-10-31(19)22-27-8-4-9-28-22/h3-6,8-9,15,19H,1-2,7,10-14,16H2. The van der Waals surface area contributed by atoms with Gasteiger partial charge in [0.2, 0.25) is 5.95 Å². The van der Waals surface area contributed by atoms with Crippen molar-refractivity contribution in [2.24, 2.45) is 0 Å². The van der Waals surface area contributed by atoms with Gasteiger partial charge < -0.3 is 19.4 Å². The number of amides is 1. The largest absolute Gasteiger partial charge is 0.454 e. The molecule has 2 aliphatic heterocycles. The van der Waals surface area contributed by atoms with Crippen molar-refractivity contribution in [1.29, 1.82) is 0 Å². The minimum Gasteiger partial charge on any atom is -0.454 e. The summed E-state index contributed by atoms with van der Waals surface area (Å²) in [6, 6.07) is 6.32. The second-order valence-corrected chi connectivity index (χ2v) is 8.28. The fourth-order valence-electron chi connectivity index (χ4n) is 4.27. The van der Waals surface area contributed by atoms with E-state index >= 15 is 0 Å². The summed E-state index contributed by atoms with van der Waals surface area (Å²) in [5.74, 6) is -0.348. The Balaban J connectivity index is 1.28. The molecule has 0 aliphatic carbocycles. The molecule has 1 aromatic carbocycles. The highest BCUT2D eigenvalue weighted by atomic mass is 19.4. The monoisotopic (exact) mass is 477 g/mol. The van der Waals surface area contributed by atoms with Gasteiger partial charge in [-0.1, -0.05) is 6.07 Å². The maximum Gasteiger partial charge on any atom is 0.416 e. The van der Waals surface area contributed by atoms with Crippen LogP contribution < -0.4 is 9.80 Å². The number of piperazine rings is 1. The van der Waals surface area contributed by atoms with Crippen molar-refractivity contribution >= 4 is 23.5 Å². The van der Waals surface area contributed by atoms with Crippen LogP contribution in [0.15, 0.2) is 42.7 Å². The molecule has 34 heavy (non-hydrogen) atoms. The molecular formula is C23H26F3N5O3. The minimum atomic E-state index is -4.40. The zero-order chi connectivity index (χ0) is 24.1. The van der Waals surface area contributed by atoms with E-state index in [0.717, 1.165) is 25.0 Å². The van der Waals surface area contributed by atoms with Gasteiger partial charge in [0.25, 0.3) is 5.91 Å². The first-order valence-electron chi connectivity index (χ1n) is 11.2. The third-order valence-corrected chi connectivity index (χ3v) is 6.09. The minimum absolute atomic E-state index is 0.324. The molecular weight excluding hydrogens is 451 g/mol. The summed E-state index contributed by atoms with van der Waals surface area (Å²) in [4.78, 5) is 39.0. The highest BCUT2D eigenvalue weighted by Gasteiger charge is 2.33.